The summed E-state index contributed by atoms with van der Waals surface area (Å²) in [4.78, 5) is 4.36. The minimum absolute atomic E-state index is 0.0943. The Labute approximate surface area is 113 Å². The van der Waals surface area contributed by atoms with E-state index < -0.39 is 0 Å². The molecule has 100 valence electrons. The van der Waals surface area contributed by atoms with Crippen LogP contribution in [-0.4, -0.2) is 4.98 Å². The summed E-state index contributed by atoms with van der Waals surface area (Å²) in [5.41, 5.74) is 1.92. The fourth-order valence-electron chi connectivity index (χ4n) is 1.77. The number of benzene rings is 1. The lowest BCUT2D eigenvalue weighted by Gasteiger charge is -2.18. The Balaban J connectivity index is 2.03. The lowest BCUT2D eigenvalue weighted by molar-refractivity contribution is 0.587. The van der Waals surface area contributed by atoms with Crippen molar-refractivity contribution in [3.05, 3.63) is 59.5 Å². The summed E-state index contributed by atoms with van der Waals surface area (Å²) in [6.07, 6.45) is 1.86. The van der Waals surface area contributed by atoms with Gasteiger partial charge in [-0.3, -0.25) is 0 Å². The summed E-state index contributed by atoms with van der Waals surface area (Å²) < 4.78 is 13.5. The van der Waals surface area contributed by atoms with Gasteiger partial charge in [-0.25, -0.2) is 9.37 Å². The average Bonchev–Trinajstić information content (AvgIpc) is 2.37. The van der Waals surface area contributed by atoms with Crippen LogP contribution >= 0.6 is 0 Å². The maximum absolute atomic E-state index is 13.5. The van der Waals surface area contributed by atoms with E-state index in [2.05, 4.69) is 37.1 Å². The minimum Gasteiger partial charge on any atom is -0.366 e. The molecule has 19 heavy (non-hydrogen) atoms. The van der Waals surface area contributed by atoms with Crippen molar-refractivity contribution in [2.45, 2.75) is 32.7 Å². The van der Waals surface area contributed by atoms with Gasteiger partial charge in [-0.2, -0.15) is 0 Å². The number of hydrogen-bond donors (Lipinski definition) is 1. The third kappa shape index (κ3) is 3.53. The number of hydrogen-bond acceptors (Lipinski definition) is 2. The van der Waals surface area contributed by atoms with Gasteiger partial charge in [0.25, 0.3) is 0 Å². The Morgan fingerprint density at radius 2 is 1.84 bits per heavy atom. The molecule has 2 nitrogen and oxygen atoms in total. The fourth-order valence-corrected chi connectivity index (χ4v) is 1.77. The van der Waals surface area contributed by atoms with Crippen LogP contribution in [-0.2, 0) is 12.0 Å². The van der Waals surface area contributed by atoms with E-state index in [4.69, 9.17) is 0 Å². The predicted molar refractivity (Wildman–Crippen MR) is 76.7 cm³/mol. The van der Waals surface area contributed by atoms with Gasteiger partial charge in [-0.05, 0) is 23.1 Å². The average molecular weight is 258 g/mol. The second-order valence-electron chi connectivity index (χ2n) is 5.63. The van der Waals surface area contributed by atoms with E-state index >= 15 is 0 Å². The first-order chi connectivity index (χ1) is 8.97. The van der Waals surface area contributed by atoms with Gasteiger partial charge in [0.2, 0.25) is 0 Å². The zero-order chi connectivity index (χ0) is 13.9. The van der Waals surface area contributed by atoms with E-state index in [9.17, 15) is 4.39 Å². The maximum atomic E-state index is 13.5. The summed E-state index contributed by atoms with van der Waals surface area (Å²) in [6.45, 7) is 6.89. The maximum Gasteiger partial charge on any atom is 0.128 e. The number of rotatable bonds is 3. The molecule has 1 heterocycles. The quantitative estimate of drug-likeness (QED) is 0.895. The third-order valence-corrected chi connectivity index (χ3v) is 3.05. The van der Waals surface area contributed by atoms with Gasteiger partial charge >= 0.3 is 0 Å². The standard InChI is InChI=1S/C16H19FN2/c1-16(2,3)13-8-9-15(19-11-13)18-10-12-6-4-5-7-14(12)17/h4-9,11H,10H2,1-3H3,(H,18,19). The molecule has 0 aliphatic heterocycles. The van der Waals surface area contributed by atoms with Crippen LogP contribution in [0.3, 0.4) is 0 Å². The van der Waals surface area contributed by atoms with E-state index in [1.807, 2.05) is 18.3 Å². The molecule has 0 fully saturated rings. The predicted octanol–water partition coefficient (Wildman–Crippen LogP) is 4.13. The van der Waals surface area contributed by atoms with Crippen molar-refractivity contribution in [2.75, 3.05) is 5.32 Å². The highest BCUT2D eigenvalue weighted by molar-refractivity contribution is 5.38. The van der Waals surface area contributed by atoms with Crippen LogP contribution in [0.4, 0.5) is 10.2 Å². The van der Waals surface area contributed by atoms with Gasteiger partial charge in [0, 0.05) is 18.3 Å². The SMILES string of the molecule is CC(C)(C)c1ccc(NCc2ccccc2F)nc1. The van der Waals surface area contributed by atoms with Gasteiger partial charge in [0.15, 0.2) is 0 Å². The molecule has 3 heteroatoms. The van der Waals surface area contributed by atoms with Crippen LogP contribution < -0.4 is 5.32 Å². The molecule has 0 bridgehead atoms. The number of nitrogens with zero attached hydrogens (tertiary/aromatic N) is 1. The molecule has 0 amide bonds. The molecule has 1 aromatic carbocycles. The highest BCUT2D eigenvalue weighted by atomic mass is 19.1. The summed E-state index contributed by atoms with van der Waals surface area (Å²) in [5.74, 6) is 0.567. The molecule has 0 atom stereocenters. The van der Waals surface area contributed by atoms with Gasteiger partial charge in [0.05, 0.1) is 0 Å². The first-order valence-electron chi connectivity index (χ1n) is 6.40. The Morgan fingerprint density at radius 3 is 2.42 bits per heavy atom. The molecule has 0 saturated carbocycles. The van der Waals surface area contributed by atoms with E-state index in [0.717, 1.165) is 5.82 Å². The number of aromatic nitrogens is 1. The van der Waals surface area contributed by atoms with Crippen molar-refractivity contribution in [1.29, 1.82) is 0 Å². The van der Waals surface area contributed by atoms with Crippen LogP contribution in [0.1, 0.15) is 31.9 Å². The molecule has 0 unspecified atom stereocenters. The molecule has 0 saturated heterocycles. The Bertz CT molecular complexity index is 541. The van der Waals surface area contributed by atoms with Gasteiger partial charge < -0.3 is 5.32 Å². The molecule has 0 aliphatic carbocycles. The normalized spacial score (nSPS) is 11.4. The smallest absolute Gasteiger partial charge is 0.128 e. The highest BCUT2D eigenvalue weighted by Crippen LogP contribution is 2.22. The third-order valence-electron chi connectivity index (χ3n) is 3.05. The van der Waals surface area contributed by atoms with Crippen molar-refractivity contribution in [3.63, 3.8) is 0 Å². The summed E-state index contributed by atoms with van der Waals surface area (Å²) in [7, 11) is 0. The number of halogens is 1. The summed E-state index contributed by atoms with van der Waals surface area (Å²) in [6, 6.07) is 10.7. The number of pyridine rings is 1. The van der Waals surface area contributed by atoms with Crippen LogP contribution in [0.25, 0.3) is 0 Å². The fraction of sp³-hybridized carbons (Fsp3) is 0.312. The minimum atomic E-state index is -0.193. The largest absolute Gasteiger partial charge is 0.366 e. The zero-order valence-corrected chi connectivity index (χ0v) is 11.6. The van der Waals surface area contributed by atoms with E-state index in [1.165, 1.54) is 11.6 Å². The molecule has 1 N–H and O–H groups in total. The lowest BCUT2D eigenvalue weighted by atomic mass is 9.88. The van der Waals surface area contributed by atoms with Crippen LogP contribution in [0, 0.1) is 5.82 Å². The summed E-state index contributed by atoms with van der Waals surface area (Å²) in [5, 5.41) is 3.13. The van der Waals surface area contributed by atoms with Crippen LogP contribution in [0.5, 0.6) is 0 Å². The molecule has 2 aromatic rings. The molecule has 1 aromatic heterocycles. The molecule has 2 rings (SSSR count). The second kappa shape index (κ2) is 5.39. The first-order valence-corrected chi connectivity index (χ1v) is 6.40. The Kier molecular flexibility index (Phi) is 3.84. The van der Waals surface area contributed by atoms with Gasteiger partial charge in [-0.15, -0.1) is 0 Å². The van der Waals surface area contributed by atoms with Gasteiger partial charge in [-0.1, -0.05) is 45.0 Å². The van der Waals surface area contributed by atoms with Gasteiger partial charge in [0.1, 0.15) is 11.6 Å². The molecular weight excluding hydrogens is 239 g/mol. The van der Waals surface area contributed by atoms with Crippen molar-refractivity contribution >= 4 is 5.82 Å². The Morgan fingerprint density at radius 1 is 1.11 bits per heavy atom. The summed E-state index contributed by atoms with van der Waals surface area (Å²) >= 11 is 0. The van der Waals surface area contributed by atoms with Crippen molar-refractivity contribution in [1.82, 2.24) is 4.98 Å². The second-order valence-corrected chi connectivity index (χ2v) is 5.63. The molecule has 0 radical (unpaired) electrons. The first kappa shape index (κ1) is 13.5. The van der Waals surface area contributed by atoms with E-state index in [0.29, 0.717) is 12.1 Å². The number of nitrogens with one attached hydrogen (secondary N) is 1. The highest BCUT2D eigenvalue weighted by Gasteiger charge is 2.13. The lowest BCUT2D eigenvalue weighted by Crippen LogP contribution is -2.12. The van der Waals surface area contributed by atoms with Crippen molar-refractivity contribution < 1.29 is 4.39 Å². The Hall–Kier alpha value is -1.90. The topological polar surface area (TPSA) is 24.9 Å². The monoisotopic (exact) mass is 258 g/mol. The van der Waals surface area contributed by atoms with E-state index in [-0.39, 0.29) is 11.2 Å². The van der Waals surface area contributed by atoms with Crippen LogP contribution in [0.2, 0.25) is 0 Å². The van der Waals surface area contributed by atoms with Crippen LogP contribution in [0.15, 0.2) is 42.6 Å². The zero-order valence-electron chi connectivity index (χ0n) is 11.6. The molecule has 0 aliphatic rings. The van der Waals surface area contributed by atoms with E-state index in [1.54, 1.807) is 12.1 Å². The number of anilines is 1. The molecular formula is C16H19FN2. The molecule has 0 spiro atoms. The van der Waals surface area contributed by atoms with Crippen molar-refractivity contribution in [3.8, 4) is 0 Å². The van der Waals surface area contributed by atoms with Crippen molar-refractivity contribution in [2.24, 2.45) is 0 Å².